The molecule has 2 aliphatic rings. The molecule has 0 spiro atoms. The lowest BCUT2D eigenvalue weighted by Gasteiger charge is -2.34. The van der Waals surface area contributed by atoms with Crippen LogP contribution in [-0.2, 0) is 91.2 Å². The average molecular weight is 1850 g/mol. The highest BCUT2D eigenvalue weighted by Gasteiger charge is 2.50. The zero-order chi connectivity index (χ0) is 89.8. The SMILES string of the molecule is COc1ccc(C(=O)c2ccc(Oc3ccc(S(=O)(=O)c4ccc(Oc5ccc(C6(c7ccc(Oc8ccc(S(=O)(=O)c9ccc(Oc%10ccc(C%11(c%12ccc(OC)c(S(=O)(=O)O)c%12)c%12ccccc%12-c%12ccc(S(=O)(=O)O)cc%12%11)cc%10S(=O)(=O)O)cc9)cc8)c(S(=O)(=O)O)c7)c7ccccc7-c7ccc(S(=O)(=O)O)cc76)cc5S(=O)(=O)O)cc4)cc3)cc2)cc1. The van der Waals surface area contributed by atoms with Crippen molar-refractivity contribution in [1.82, 2.24) is 0 Å². The molecule has 0 saturated carbocycles. The number of fused-ring (bicyclic) bond motifs is 6. The van der Waals surface area contributed by atoms with E-state index in [1.807, 2.05) is 0 Å². The normalized spacial score (nSPS) is 15.1. The van der Waals surface area contributed by atoms with Gasteiger partial charge in [-0.2, -0.15) is 50.5 Å². The van der Waals surface area contributed by atoms with Gasteiger partial charge < -0.3 is 28.4 Å². The van der Waals surface area contributed by atoms with Crippen LogP contribution in [-0.4, -0.2) is 115 Å². The summed E-state index contributed by atoms with van der Waals surface area (Å²) in [6.45, 7) is 0. The first-order valence-electron chi connectivity index (χ1n) is 36.9. The number of carbonyl (C=O) groups excluding carboxylic acids is 1. The van der Waals surface area contributed by atoms with Crippen molar-refractivity contribution in [2.75, 3.05) is 14.2 Å². The Morgan fingerprint density at radius 2 is 0.492 bits per heavy atom. The average Bonchev–Trinajstić information content (AvgIpc) is 1.53. The van der Waals surface area contributed by atoms with Crippen molar-refractivity contribution in [2.45, 2.75) is 59.8 Å². The van der Waals surface area contributed by atoms with E-state index in [0.29, 0.717) is 44.9 Å². The number of methoxy groups -OCH3 is 2. The second-order valence-corrected chi connectivity index (χ2v) is 40.9. The quantitative estimate of drug-likeness (QED) is 0.0217. The van der Waals surface area contributed by atoms with Crippen LogP contribution in [0.25, 0.3) is 22.3 Å². The fourth-order valence-corrected chi connectivity index (χ4v) is 21.9. The van der Waals surface area contributed by atoms with Gasteiger partial charge in [0.05, 0.1) is 54.4 Å². The maximum atomic E-state index is 14.4. The molecule has 2 unspecified atom stereocenters. The van der Waals surface area contributed by atoms with E-state index < -0.39 is 138 Å². The molecule has 0 amide bonds. The zero-order valence-corrected chi connectivity index (χ0v) is 71.2. The minimum absolute atomic E-state index is 0.0165. The summed E-state index contributed by atoms with van der Waals surface area (Å²) in [4.78, 5) is 7.12. The molecule has 29 nitrogen and oxygen atoms in total. The Balaban J connectivity index is 0.677. The fraction of sp³-hybridized carbons (Fsp3) is 0.0449. The number of ketones is 1. The van der Waals surface area contributed by atoms with Crippen LogP contribution in [0.4, 0.5) is 0 Å². The zero-order valence-electron chi connectivity index (χ0n) is 64.7. The van der Waals surface area contributed by atoms with Crippen molar-refractivity contribution in [3.63, 3.8) is 0 Å². The minimum Gasteiger partial charge on any atom is -0.497 e. The number of benzene rings is 14. The lowest BCUT2D eigenvalue weighted by molar-refractivity contribution is 0.103. The van der Waals surface area contributed by atoms with E-state index >= 15 is 0 Å². The highest BCUT2D eigenvalue weighted by Crippen LogP contribution is 2.60. The van der Waals surface area contributed by atoms with Gasteiger partial charge in [-0.25, -0.2) is 16.8 Å². The van der Waals surface area contributed by atoms with Crippen LogP contribution in [0.15, 0.2) is 352 Å². The van der Waals surface area contributed by atoms with E-state index in [1.54, 1.807) is 97.1 Å². The number of rotatable bonds is 26. The van der Waals surface area contributed by atoms with Gasteiger partial charge in [-0.3, -0.25) is 32.1 Å². The molecule has 37 heteroatoms. The van der Waals surface area contributed by atoms with E-state index in [4.69, 9.17) is 28.4 Å². The van der Waals surface area contributed by atoms with Crippen LogP contribution in [0.5, 0.6) is 57.5 Å². The van der Waals surface area contributed by atoms with Crippen LogP contribution in [0.1, 0.15) is 60.4 Å². The van der Waals surface area contributed by atoms with Crippen molar-refractivity contribution >= 4 is 86.2 Å². The van der Waals surface area contributed by atoms with E-state index in [2.05, 4.69) is 0 Å². The third kappa shape index (κ3) is 15.8. The Labute approximate surface area is 721 Å². The fourth-order valence-electron chi connectivity index (χ4n) is 15.7. The van der Waals surface area contributed by atoms with Gasteiger partial charge in [0.25, 0.3) is 60.7 Å². The Hall–Kier alpha value is -13.1. The van der Waals surface area contributed by atoms with Gasteiger partial charge in [-0.1, -0.05) is 84.9 Å². The molecule has 126 heavy (non-hydrogen) atoms. The molecule has 0 heterocycles. The van der Waals surface area contributed by atoms with Crippen LogP contribution < -0.4 is 28.4 Å². The van der Waals surface area contributed by atoms with Crippen molar-refractivity contribution in [3.05, 3.63) is 359 Å². The molecule has 640 valence electrons. The summed E-state index contributed by atoms with van der Waals surface area (Å²) in [6.07, 6.45) is 0. The van der Waals surface area contributed by atoms with E-state index in [-0.39, 0.29) is 98.6 Å². The molecular formula is C89H62O29S8. The molecule has 0 radical (unpaired) electrons. The number of carbonyl (C=O) groups is 1. The van der Waals surface area contributed by atoms with Gasteiger partial charge in [0.2, 0.25) is 19.7 Å². The van der Waals surface area contributed by atoms with Crippen molar-refractivity contribution in [3.8, 4) is 79.7 Å². The maximum Gasteiger partial charge on any atom is 0.298 e. The van der Waals surface area contributed by atoms with Crippen molar-refractivity contribution in [2.24, 2.45) is 0 Å². The molecule has 6 N–H and O–H groups in total. The third-order valence-electron chi connectivity index (χ3n) is 21.4. The Morgan fingerprint density at radius 1 is 0.238 bits per heavy atom. The van der Waals surface area contributed by atoms with Crippen LogP contribution in [0.2, 0.25) is 0 Å². The molecule has 0 bridgehead atoms. The third-order valence-corrected chi connectivity index (χ3v) is 30.2. The van der Waals surface area contributed by atoms with Gasteiger partial charge in [-0.15, -0.1) is 0 Å². The van der Waals surface area contributed by atoms with Crippen molar-refractivity contribution in [1.29, 1.82) is 0 Å². The molecule has 2 aliphatic carbocycles. The molecule has 0 saturated heterocycles. The number of hydrogen-bond donors (Lipinski definition) is 6. The second kappa shape index (κ2) is 31.8. The molecule has 14 aromatic carbocycles. The first-order chi connectivity index (χ1) is 59.5. The Bertz CT molecular complexity index is 7860. The molecule has 0 aliphatic heterocycles. The van der Waals surface area contributed by atoms with E-state index in [1.165, 1.54) is 98.1 Å². The van der Waals surface area contributed by atoms with Crippen molar-refractivity contribution < 1.29 is 128 Å². The first kappa shape index (κ1) is 86.4. The highest BCUT2D eigenvalue weighted by atomic mass is 32.2. The van der Waals surface area contributed by atoms with Gasteiger partial charge in [-0.05, 0) is 285 Å². The predicted octanol–water partition coefficient (Wildman–Crippen LogP) is 16.0. The minimum atomic E-state index is -5.45. The summed E-state index contributed by atoms with van der Waals surface area (Å²) in [5.41, 5.74) is -1.56. The van der Waals surface area contributed by atoms with Gasteiger partial charge in [0, 0.05) is 11.1 Å². The van der Waals surface area contributed by atoms with E-state index in [9.17, 15) is 99.5 Å². The summed E-state index contributed by atoms with van der Waals surface area (Å²) in [6, 6.07) is 65.7. The second-order valence-electron chi connectivity index (χ2n) is 28.6. The smallest absolute Gasteiger partial charge is 0.298 e. The van der Waals surface area contributed by atoms with Gasteiger partial charge in [0.1, 0.15) is 77.1 Å². The summed E-state index contributed by atoms with van der Waals surface area (Å²) in [7, 11) is -37.4. The monoisotopic (exact) mass is 1850 g/mol. The molecule has 0 aromatic heterocycles. The number of hydrogen-bond acceptors (Lipinski definition) is 23. The predicted molar refractivity (Wildman–Crippen MR) is 453 cm³/mol. The summed E-state index contributed by atoms with van der Waals surface area (Å²) >= 11 is 0. The van der Waals surface area contributed by atoms with Crippen LogP contribution in [0, 0.1) is 0 Å². The highest BCUT2D eigenvalue weighted by molar-refractivity contribution is 7.92. The van der Waals surface area contributed by atoms with Crippen LogP contribution in [0.3, 0.4) is 0 Å². The molecule has 0 fully saturated rings. The van der Waals surface area contributed by atoms with E-state index in [0.717, 1.165) is 122 Å². The van der Waals surface area contributed by atoms with Crippen LogP contribution >= 0.6 is 0 Å². The summed E-state index contributed by atoms with van der Waals surface area (Å²) in [5.74, 6) is -1.62. The lowest BCUT2D eigenvalue weighted by Crippen LogP contribution is -2.29. The molecule has 16 rings (SSSR count). The Morgan fingerprint density at radius 3 is 0.778 bits per heavy atom. The van der Waals surface area contributed by atoms with Gasteiger partial charge in [0.15, 0.2) is 5.78 Å². The first-order valence-corrected chi connectivity index (χ1v) is 48.5. The summed E-state index contributed by atoms with van der Waals surface area (Å²) in [5, 5.41) is 0. The molecular weight excluding hydrogens is 1790 g/mol. The number of ether oxygens (including phenoxy) is 6. The number of sulfone groups is 2. The molecule has 2 atom stereocenters. The maximum absolute atomic E-state index is 14.4. The largest absolute Gasteiger partial charge is 0.497 e. The lowest BCUT2D eigenvalue weighted by atomic mass is 9.67. The standard InChI is InChI=1S/C89H62O29S8/c1-113-59-19-11-53(12-20-59)87(90)54-13-21-60(22-14-54)115-61-23-31-65(32-24-61)119(91,92)66-33-25-62(26-34-66)117-81-45-17-57(49-85(81)125(107,108)109)89(76-10-6-4-8-72(76)74-42-40-70(52-78(74)89)122(98,99)100)58-18-46-82(86(50-58)126(110,111)112)118-64-29-37-68(38-30-64)120(93,94)67-35-27-63(28-36-67)116-80-44-16-56(48-84(80)124(104,105)106)88(55-15-43-79(114-2)83(47-55)123(101,102)103)75-9-5-3-7-71(75)73-41-39-69(51-77(73)88)121(95,96)97/h3-52H,1-2H3,(H,95,96,97)(H,98,99,100)(H,101,102,103)(H,104,105,106)(H,107,108,109)(H,110,111,112). The summed E-state index contributed by atoms with van der Waals surface area (Å²) < 4.78 is 316. The van der Waals surface area contributed by atoms with Gasteiger partial charge >= 0.3 is 0 Å². The topological polar surface area (TPSA) is 467 Å². The Kier molecular flexibility index (Phi) is 21.8. The molecule has 14 aromatic rings.